The molecule has 0 amide bonds. The molecule has 0 aliphatic carbocycles. The molecule has 0 saturated carbocycles. The Balaban J connectivity index is 2.19. The third-order valence-corrected chi connectivity index (χ3v) is 2.79. The van der Waals surface area contributed by atoms with Gasteiger partial charge in [-0.15, -0.1) is 5.10 Å². The molecule has 2 aromatic rings. The van der Waals surface area contributed by atoms with E-state index >= 15 is 0 Å². The third kappa shape index (κ3) is 3.46. The van der Waals surface area contributed by atoms with Crippen molar-refractivity contribution in [1.29, 1.82) is 0 Å². The summed E-state index contributed by atoms with van der Waals surface area (Å²) in [5, 5.41) is 7.78. The fourth-order valence-corrected chi connectivity index (χ4v) is 1.84. The lowest BCUT2D eigenvalue weighted by Gasteiger charge is -2.15. The largest absolute Gasteiger partial charge is 0.480 e. The third-order valence-electron chi connectivity index (χ3n) is 2.79. The van der Waals surface area contributed by atoms with Gasteiger partial charge >= 0.3 is 0 Å². The topological polar surface area (TPSA) is 73.1 Å². The van der Waals surface area contributed by atoms with Gasteiger partial charge in [0.2, 0.25) is 5.88 Å². The average Bonchev–Trinajstić information content (AvgIpc) is 2.44. The van der Waals surface area contributed by atoms with Crippen LogP contribution in [0.1, 0.15) is 17.3 Å². The zero-order valence-electron chi connectivity index (χ0n) is 10.8. The molecule has 0 bridgehead atoms. The number of rotatable bonds is 5. The Morgan fingerprint density at radius 2 is 1.90 bits per heavy atom. The minimum absolute atomic E-state index is 0.284. The van der Waals surface area contributed by atoms with Crippen LogP contribution >= 0.6 is 0 Å². The molecule has 7 heteroatoms. The second-order valence-corrected chi connectivity index (χ2v) is 4.20. The van der Waals surface area contributed by atoms with Gasteiger partial charge in [-0.2, -0.15) is 5.10 Å². The molecule has 0 aliphatic heterocycles. The van der Waals surface area contributed by atoms with Gasteiger partial charge in [-0.25, -0.2) is 8.78 Å². The molecule has 0 radical (unpaired) electrons. The van der Waals surface area contributed by atoms with Gasteiger partial charge in [0.25, 0.3) is 0 Å². The first-order valence-electron chi connectivity index (χ1n) is 5.91. The summed E-state index contributed by atoms with van der Waals surface area (Å²) in [7, 11) is 1.48. The van der Waals surface area contributed by atoms with Gasteiger partial charge in [0.05, 0.1) is 18.8 Å². The molecule has 20 heavy (non-hydrogen) atoms. The van der Waals surface area contributed by atoms with Crippen LogP contribution in [0.2, 0.25) is 0 Å². The first-order valence-corrected chi connectivity index (χ1v) is 5.91. The monoisotopic (exact) mass is 280 g/mol. The van der Waals surface area contributed by atoms with Crippen LogP contribution in [0.15, 0.2) is 30.3 Å². The predicted molar refractivity (Wildman–Crippen MR) is 68.7 cm³/mol. The molecule has 1 unspecified atom stereocenters. The summed E-state index contributed by atoms with van der Waals surface area (Å²) in [6.07, 6.45) is 0.284. The number of hydrogen-bond acceptors (Lipinski definition) is 5. The molecule has 1 aromatic carbocycles. The van der Waals surface area contributed by atoms with Crippen molar-refractivity contribution in [2.75, 3.05) is 7.11 Å². The van der Waals surface area contributed by atoms with Gasteiger partial charge in [-0.05, 0) is 30.2 Å². The summed E-state index contributed by atoms with van der Waals surface area (Å²) in [6.45, 7) is 0. The Bertz CT molecular complexity index is 557. The van der Waals surface area contributed by atoms with Gasteiger partial charge in [-0.1, -0.05) is 0 Å². The van der Waals surface area contributed by atoms with Crippen molar-refractivity contribution in [2.24, 2.45) is 5.84 Å². The fourth-order valence-electron chi connectivity index (χ4n) is 1.84. The van der Waals surface area contributed by atoms with E-state index in [1.807, 2.05) is 0 Å². The molecule has 2 rings (SSSR count). The number of nitrogens with one attached hydrogen (secondary N) is 1. The summed E-state index contributed by atoms with van der Waals surface area (Å²) in [5.74, 6) is 4.58. The standard InChI is InChI=1S/C13H14F2N4O/c1-20-13-3-2-11(18-19-13)12(17-16)6-8-4-9(14)7-10(15)5-8/h2-5,7,12,17H,6,16H2,1H3. The summed E-state index contributed by atoms with van der Waals surface area (Å²) in [5.41, 5.74) is 3.58. The Morgan fingerprint density at radius 1 is 1.20 bits per heavy atom. The summed E-state index contributed by atoms with van der Waals surface area (Å²) in [4.78, 5) is 0. The Kier molecular flexibility index (Phi) is 4.54. The van der Waals surface area contributed by atoms with Crippen molar-refractivity contribution < 1.29 is 13.5 Å². The second-order valence-electron chi connectivity index (χ2n) is 4.20. The van der Waals surface area contributed by atoms with Crippen molar-refractivity contribution in [3.05, 3.63) is 53.2 Å². The molecule has 1 heterocycles. The van der Waals surface area contributed by atoms with Crippen LogP contribution < -0.4 is 16.0 Å². The maximum Gasteiger partial charge on any atom is 0.233 e. The van der Waals surface area contributed by atoms with E-state index in [0.717, 1.165) is 6.07 Å². The van der Waals surface area contributed by atoms with E-state index in [-0.39, 0.29) is 6.42 Å². The normalized spacial score (nSPS) is 12.2. The number of nitrogens with zero attached hydrogens (tertiary/aromatic N) is 2. The van der Waals surface area contributed by atoms with E-state index in [2.05, 4.69) is 15.6 Å². The number of ether oxygens (including phenoxy) is 1. The molecule has 0 fully saturated rings. The molecule has 0 saturated heterocycles. The highest BCUT2D eigenvalue weighted by atomic mass is 19.1. The van der Waals surface area contributed by atoms with Gasteiger partial charge in [0.1, 0.15) is 11.6 Å². The van der Waals surface area contributed by atoms with Crippen LogP contribution in [-0.2, 0) is 6.42 Å². The van der Waals surface area contributed by atoms with Crippen molar-refractivity contribution in [3.63, 3.8) is 0 Å². The van der Waals surface area contributed by atoms with Gasteiger partial charge in [0.15, 0.2) is 0 Å². The maximum atomic E-state index is 13.1. The summed E-state index contributed by atoms with van der Waals surface area (Å²) < 4.78 is 31.2. The Hall–Kier alpha value is -2.12. The van der Waals surface area contributed by atoms with Crippen LogP contribution in [0.3, 0.4) is 0 Å². The van der Waals surface area contributed by atoms with Crippen LogP contribution in [0.4, 0.5) is 8.78 Å². The number of benzene rings is 1. The molecule has 1 atom stereocenters. The number of aromatic nitrogens is 2. The van der Waals surface area contributed by atoms with Gasteiger partial charge in [0, 0.05) is 12.1 Å². The van der Waals surface area contributed by atoms with Crippen molar-refractivity contribution in [1.82, 2.24) is 15.6 Å². The molecule has 3 N–H and O–H groups in total. The quantitative estimate of drug-likeness (QED) is 0.641. The van der Waals surface area contributed by atoms with E-state index in [1.165, 1.54) is 19.2 Å². The number of halogens is 2. The Morgan fingerprint density at radius 3 is 2.40 bits per heavy atom. The number of methoxy groups -OCH3 is 1. The van der Waals surface area contributed by atoms with E-state index in [1.54, 1.807) is 12.1 Å². The molecule has 5 nitrogen and oxygen atoms in total. The molecular weight excluding hydrogens is 266 g/mol. The van der Waals surface area contributed by atoms with Crippen LogP contribution in [0.25, 0.3) is 0 Å². The number of hydrazine groups is 1. The van der Waals surface area contributed by atoms with Crippen molar-refractivity contribution in [3.8, 4) is 5.88 Å². The molecule has 1 aromatic heterocycles. The van der Waals surface area contributed by atoms with Crippen LogP contribution in [0.5, 0.6) is 5.88 Å². The second kappa shape index (κ2) is 6.36. The zero-order chi connectivity index (χ0) is 14.5. The van der Waals surface area contributed by atoms with Gasteiger partial charge in [-0.3, -0.25) is 11.3 Å². The highest BCUT2D eigenvalue weighted by Gasteiger charge is 2.14. The smallest absolute Gasteiger partial charge is 0.233 e. The van der Waals surface area contributed by atoms with Crippen molar-refractivity contribution in [2.45, 2.75) is 12.5 Å². The highest BCUT2D eigenvalue weighted by Crippen LogP contribution is 2.18. The number of nitrogens with two attached hydrogens (primary N) is 1. The Labute approximate surface area is 114 Å². The first-order chi connectivity index (χ1) is 9.62. The zero-order valence-corrected chi connectivity index (χ0v) is 10.8. The molecule has 0 spiro atoms. The SMILES string of the molecule is COc1ccc(C(Cc2cc(F)cc(F)c2)NN)nn1. The predicted octanol–water partition coefficient (Wildman–Crippen LogP) is 1.51. The average molecular weight is 280 g/mol. The lowest BCUT2D eigenvalue weighted by molar-refractivity contribution is 0.389. The molecule has 106 valence electrons. The summed E-state index contributed by atoms with van der Waals surface area (Å²) in [6, 6.07) is 6.25. The van der Waals surface area contributed by atoms with Crippen molar-refractivity contribution >= 4 is 0 Å². The highest BCUT2D eigenvalue weighted by molar-refractivity contribution is 5.22. The number of hydrogen-bond donors (Lipinski definition) is 2. The molecule has 0 aliphatic rings. The van der Waals surface area contributed by atoms with E-state index < -0.39 is 17.7 Å². The summed E-state index contributed by atoms with van der Waals surface area (Å²) >= 11 is 0. The van der Waals surface area contributed by atoms with E-state index in [9.17, 15) is 8.78 Å². The van der Waals surface area contributed by atoms with Gasteiger partial charge < -0.3 is 4.74 Å². The van der Waals surface area contributed by atoms with Crippen LogP contribution in [0, 0.1) is 11.6 Å². The maximum absolute atomic E-state index is 13.1. The minimum atomic E-state index is -0.628. The lowest BCUT2D eigenvalue weighted by atomic mass is 10.0. The minimum Gasteiger partial charge on any atom is -0.480 e. The van der Waals surface area contributed by atoms with E-state index in [0.29, 0.717) is 17.1 Å². The molecular formula is C13H14F2N4O. The van der Waals surface area contributed by atoms with E-state index in [4.69, 9.17) is 10.6 Å². The lowest BCUT2D eigenvalue weighted by Crippen LogP contribution is -2.30. The van der Waals surface area contributed by atoms with Crippen LogP contribution in [-0.4, -0.2) is 17.3 Å². The fraction of sp³-hybridized carbons (Fsp3) is 0.231. The first kappa shape index (κ1) is 14.3.